The van der Waals surface area contributed by atoms with E-state index in [1.807, 2.05) is 0 Å². The fourth-order valence-corrected chi connectivity index (χ4v) is 1.98. The average molecular weight is 222 g/mol. The second-order valence-electron chi connectivity index (χ2n) is 4.28. The van der Waals surface area contributed by atoms with Gasteiger partial charge in [-0.3, -0.25) is 0 Å². The predicted molar refractivity (Wildman–Crippen MR) is 58.2 cm³/mol. The van der Waals surface area contributed by atoms with Crippen molar-refractivity contribution < 1.29 is 51.4 Å². The number of nitrogens with one attached hydrogen (secondary N) is 1. The summed E-state index contributed by atoms with van der Waals surface area (Å²) in [4.78, 5) is 0. The molecular weight excluding hydrogens is 199 g/mol. The van der Waals surface area contributed by atoms with Crippen LogP contribution in [0.3, 0.4) is 0 Å². The molecule has 0 radical (unpaired) electrons. The van der Waals surface area contributed by atoms with Crippen LogP contribution in [0.2, 0.25) is 0 Å². The molecule has 14 heavy (non-hydrogen) atoms. The van der Waals surface area contributed by atoms with Gasteiger partial charge in [0.25, 0.3) is 0 Å². The molecule has 78 valence electrons. The number of rotatable bonds is 5. The maximum atomic E-state index is 4.71. The van der Waals surface area contributed by atoms with Gasteiger partial charge in [0.15, 0.2) is 0 Å². The van der Waals surface area contributed by atoms with Crippen LogP contribution in [-0.2, 0) is 0 Å². The molecule has 0 aliphatic carbocycles. The molecule has 0 amide bonds. The van der Waals surface area contributed by atoms with E-state index in [2.05, 4.69) is 26.1 Å². The van der Waals surface area contributed by atoms with Gasteiger partial charge in [-0.15, -0.1) is 12.6 Å². The maximum Gasteiger partial charge on any atom is 1.00 e. The molecule has 3 heteroatoms. The van der Waals surface area contributed by atoms with Crippen molar-refractivity contribution in [2.45, 2.75) is 52.1 Å². The zero-order chi connectivity index (χ0) is 9.68. The van der Waals surface area contributed by atoms with Gasteiger partial charge in [0, 0.05) is 0 Å². The standard InChI is InChI=1S/C11H23N2.K/c1-4-10(5-2)13-8-11-6-9(3)7-12-11;/h9-12H,4-8H2,1-3H3;/q-1;+1. The van der Waals surface area contributed by atoms with E-state index < -0.39 is 0 Å². The van der Waals surface area contributed by atoms with Gasteiger partial charge in [-0.05, 0) is 24.9 Å². The van der Waals surface area contributed by atoms with Crippen molar-refractivity contribution in [1.29, 1.82) is 0 Å². The third-order valence-corrected chi connectivity index (χ3v) is 2.97. The molecule has 0 aromatic carbocycles. The molecule has 0 bridgehead atoms. The largest absolute Gasteiger partial charge is 1.00 e. The van der Waals surface area contributed by atoms with Crippen LogP contribution in [0.25, 0.3) is 5.32 Å². The first-order valence-electron chi connectivity index (χ1n) is 5.66. The van der Waals surface area contributed by atoms with Crippen LogP contribution in [0, 0.1) is 5.92 Å². The first kappa shape index (κ1) is 15.6. The topological polar surface area (TPSA) is 26.1 Å². The summed E-state index contributed by atoms with van der Waals surface area (Å²) in [7, 11) is 0. The molecule has 1 fully saturated rings. The number of hydrogen-bond donors (Lipinski definition) is 1. The van der Waals surface area contributed by atoms with Gasteiger partial charge in [0.1, 0.15) is 0 Å². The van der Waals surface area contributed by atoms with Crippen LogP contribution in [-0.4, -0.2) is 25.2 Å². The zero-order valence-corrected chi connectivity index (χ0v) is 13.3. The molecule has 2 nitrogen and oxygen atoms in total. The minimum Gasteiger partial charge on any atom is -0.658 e. The van der Waals surface area contributed by atoms with E-state index in [0.29, 0.717) is 12.1 Å². The quantitative estimate of drug-likeness (QED) is 0.627. The monoisotopic (exact) mass is 222 g/mol. The van der Waals surface area contributed by atoms with Crippen LogP contribution in [0.1, 0.15) is 40.0 Å². The number of nitrogens with zero attached hydrogens (tertiary/aromatic N) is 1. The first-order valence-corrected chi connectivity index (χ1v) is 5.66. The Morgan fingerprint density at radius 2 is 2.00 bits per heavy atom. The second-order valence-corrected chi connectivity index (χ2v) is 4.28. The van der Waals surface area contributed by atoms with E-state index in [-0.39, 0.29) is 51.4 Å². The van der Waals surface area contributed by atoms with Gasteiger partial charge in [0.2, 0.25) is 0 Å². The Balaban J connectivity index is 0.00000169. The Bertz CT molecular complexity index is 137. The van der Waals surface area contributed by atoms with Crippen molar-refractivity contribution in [3.63, 3.8) is 0 Å². The van der Waals surface area contributed by atoms with Crippen molar-refractivity contribution in [1.82, 2.24) is 5.32 Å². The minimum absolute atomic E-state index is 0. The van der Waals surface area contributed by atoms with E-state index in [1.54, 1.807) is 0 Å². The fourth-order valence-electron chi connectivity index (χ4n) is 1.98. The molecule has 2 atom stereocenters. The van der Waals surface area contributed by atoms with E-state index in [9.17, 15) is 0 Å². The van der Waals surface area contributed by atoms with E-state index >= 15 is 0 Å². The zero-order valence-electron chi connectivity index (χ0n) is 10.2. The minimum atomic E-state index is 0. The summed E-state index contributed by atoms with van der Waals surface area (Å²) in [5, 5.41) is 8.23. The molecule has 1 aliphatic rings. The molecule has 1 heterocycles. The summed E-state index contributed by atoms with van der Waals surface area (Å²) in [6.07, 6.45) is 3.70. The van der Waals surface area contributed by atoms with Crippen LogP contribution in [0.5, 0.6) is 0 Å². The molecule has 0 spiro atoms. The molecule has 0 aromatic heterocycles. The van der Waals surface area contributed by atoms with Crippen molar-refractivity contribution in [3.05, 3.63) is 5.32 Å². The molecule has 0 aromatic rings. The summed E-state index contributed by atoms with van der Waals surface area (Å²) in [6.45, 7) is 8.97. The summed E-state index contributed by atoms with van der Waals surface area (Å²) in [5.74, 6) is 0.849. The SMILES string of the molecule is CCC(CC)[N-]CC1CC(C)CN1.[K+]. The predicted octanol–water partition coefficient (Wildman–Crippen LogP) is -0.449. The summed E-state index contributed by atoms with van der Waals surface area (Å²) in [5.41, 5.74) is 0. The van der Waals surface area contributed by atoms with Gasteiger partial charge in [-0.25, -0.2) is 0 Å². The van der Waals surface area contributed by atoms with Crippen LogP contribution in [0.15, 0.2) is 0 Å². The van der Waals surface area contributed by atoms with E-state index in [0.717, 1.165) is 12.5 Å². The second kappa shape index (κ2) is 8.68. The molecular formula is C11H23KN2. The summed E-state index contributed by atoms with van der Waals surface area (Å²) < 4.78 is 0. The first-order chi connectivity index (χ1) is 6.26. The average Bonchev–Trinajstić information content (AvgIpc) is 2.53. The molecule has 0 saturated carbocycles. The normalized spacial score (nSPS) is 26.6. The van der Waals surface area contributed by atoms with Crippen molar-refractivity contribution in [2.24, 2.45) is 5.92 Å². The van der Waals surface area contributed by atoms with Crippen LogP contribution >= 0.6 is 0 Å². The fraction of sp³-hybridized carbons (Fsp3) is 1.00. The summed E-state index contributed by atoms with van der Waals surface area (Å²) in [6, 6.07) is 1.26. The van der Waals surface area contributed by atoms with E-state index in [1.165, 1.54) is 25.8 Å². The van der Waals surface area contributed by atoms with Crippen LogP contribution in [0.4, 0.5) is 0 Å². The van der Waals surface area contributed by atoms with Gasteiger partial charge in [0.05, 0.1) is 0 Å². The van der Waals surface area contributed by atoms with Crippen molar-refractivity contribution in [2.75, 3.05) is 13.1 Å². The Labute approximate surface area is 131 Å². The van der Waals surface area contributed by atoms with Crippen molar-refractivity contribution in [3.8, 4) is 0 Å². The van der Waals surface area contributed by atoms with Gasteiger partial charge < -0.3 is 10.6 Å². The third-order valence-electron chi connectivity index (χ3n) is 2.97. The van der Waals surface area contributed by atoms with Crippen LogP contribution < -0.4 is 56.7 Å². The maximum absolute atomic E-state index is 4.71. The van der Waals surface area contributed by atoms with Crippen molar-refractivity contribution >= 4 is 0 Å². The Morgan fingerprint density at radius 3 is 2.43 bits per heavy atom. The Hall–Kier alpha value is 1.56. The Morgan fingerprint density at radius 1 is 1.36 bits per heavy atom. The van der Waals surface area contributed by atoms with E-state index in [4.69, 9.17) is 5.32 Å². The smallest absolute Gasteiger partial charge is 0.658 e. The van der Waals surface area contributed by atoms with Gasteiger partial charge in [-0.1, -0.05) is 33.6 Å². The third kappa shape index (κ3) is 5.59. The van der Waals surface area contributed by atoms with Gasteiger partial charge in [-0.2, -0.15) is 0 Å². The molecule has 1 rings (SSSR count). The van der Waals surface area contributed by atoms with Gasteiger partial charge >= 0.3 is 51.4 Å². The molecule has 1 aliphatic heterocycles. The Kier molecular flexibility index (Phi) is 9.64. The summed E-state index contributed by atoms with van der Waals surface area (Å²) >= 11 is 0. The molecule has 1 saturated heterocycles. The molecule has 2 unspecified atom stereocenters. The molecule has 1 N–H and O–H groups in total. The number of hydrogen-bond acceptors (Lipinski definition) is 1.